The molecule has 0 saturated carbocycles. The van der Waals surface area contributed by atoms with E-state index in [9.17, 15) is 4.39 Å². The Morgan fingerprint density at radius 2 is 2.00 bits per heavy atom. The number of alkyl halides is 1. The smallest absolute Gasteiger partial charge is 0.118 e. The van der Waals surface area contributed by atoms with Crippen molar-refractivity contribution in [3.63, 3.8) is 0 Å². The lowest BCUT2D eigenvalue weighted by Gasteiger charge is -2.39. The topological polar surface area (TPSA) is 29.3 Å². The molecule has 0 aromatic rings. The van der Waals surface area contributed by atoms with Gasteiger partial charge in [0.15, 0.2) is 0 Å². The van der Waals surface area contributed by atoms with Gasteiger partial charge in [-0.25, -0.2) is 4.39 Å². The third kappa shape index (κ3) is 2.02. The predicted molar refractivity (Wildman–Crippen MR) is 53.4 cm³/mol. The van der Waals surface area contributed by atoms with E-state index in [-0.39, 0.29) is 11.6 Å². The molecule has 3 heteroatoms. The standard InChI is InChI=1S/C10H21FN2/c1-7-5-8(11)9(6-12)13(7)10(2,3)4/h7-9H,5-6,12H2,1-4H3/t7-,8-,9?/m1/s1. The van der Waals surface area contributed by atoms with Gasteiger partial charge in [0.25, 0.3) is 0 Å². The fourth-order valence-electron chi connectivity index (χ4n) is 2.52. The van der Waals surface area contributed by atoms with Crippen molar-refractivity contribution >= 4 is 0 Å². The molecule has 0 aliphatic carbocycles. The Labute approximate surface area is 80.3 Å². The number of halogens is 1. The highest BCUT2D eigenvalue weighted by atomic mass is 19.1. The van der Waals surface area contributed by atoms with Crippen LogP contribution in [0.25, 0.3) is 0 Å². The molecule has 3 atom stereocenters. The molecule has 1 aliphatic heterocycles. The Morgan fingerprint density at radius 3 is 2.31 bits per heavy atom. The van der Waals surface area contributed by atoms with Gasteiger partial charge >= 0.3 is 0 Å². The van der Waals surface area contributed by atoms with Gasteiger partial charge in [0.05, 0.1) is 6.04 Å². The van der Waals surface area contributed by atoms with Crippen molar-refractivity contribution in [2.45, 2.75) is 57.9 Å². The van der Waals surface area contributed by atoms with E-state index in [1.165, 1.54) is 0 Å². The van der Waals surface area contributed by atoms with Gasteiger partial charge in [0.2, 0.25) is 0 Å². The largest absolute Gasteiger partial charge is 0.329 e. The van der Waals surface area contributed by atoms with Crippen molar-refractivity contribution in [1.82, 2.24) is 4.90 Å². The van der Waals surface area contributed by atoms with Gasteiger partial charge in [-0.1, -0.05) is 0 Å². The van der Waals surface area contributed by atoms with Crippen LogP contribution in [0.15, 0.2) is 0 Å². The minimum atomic E-state index is -0.751. The van der Waals surface area contributed by atoms with Gasteiger partial charge in [-0.3, -0.25) is 4.90 Å². The van der Waals surface area contributed by atoms with Crippen LogP contribution in [0, 0.1) is 0 Å². The highest BCUT2D eigenvalue weighted by molar-refractivity contribution is 4.98. The summed E-state index contributed by atoms with van der Waals surface area (Å²) in [4.78, 5) is 2.21. The highest BCUT2D eigenvalue weighted by Gasteiger charge is 2.43. The number of nitrogens with zero attached hydrogens (tertiary/aromatic N) is 1. The van der Waals surface area contributed by atoms with Gasteiger partial charge in [-0.15, -0.1) is 0 Å². The normalized spacial score (nSPS) is 36.9. The molecular weight excluding hydrogens is 167 g/mol. The summed E-state index contributed by atoms with van der Waals surface area (Å²) in [6, 6.07) is 0.221. The van der Waals surface area contributed by atoms with E-state index in [0.717, 1.165) is 0 Å². The molecule has 1 fully saturated rings. The molecule has 0 spiro atoms. The average Bonchev–Trinajstić information content (AvgIpc) is 2.23. The van der Waals surface area contributed by atoms with Crippen LogP contribution in [0.4, 0.5) is 4.39 Å². The first-order valence-electron chi connectivity index (χ1n) is 5.00. The summed E-state index contributed by atoms with van der Waals surface area (Å²) in [6.45, 7) is 8.84. The molecule has 1 saturated heterocycles. The number of likely N-dealkylation sites (tertiary alicyclic amines) is 1. The highest BCUT2D eigenvalue weighted by Crippen LogP contribution is 2.32. The minimum absolute atomic E-state index is 0.0181. The second-order valence-corrected chi connectivity index (χ2v) is 4.98. The summed E-state index contributed by atoms with van der Waals surface area (Å²) in [5, 5.41) is 0. The molecule has 2 nitrogen and oxygen atoms in total. The van der Waals surface area contributed by atoms with Crippen LogP contribution in [0.5, 0.6) is 0 Å². The zero-order chi connectivity index (χ0) is 10.2. The second kappa shape index (κ2) is 3.54. The SMILES string of the molecule is C[C@@H]1C[C@@H](F)C(CN)N1C(C)(C)C. The van der Waals surface area contributed by atoms with Crippen LogP contribution in [0.3, 0.4) is 0 Å². The molecule has 13 heavy (non-hydrogen) atoms. The zero-order valence-electron chi connectivity index (χ0n) is 9.05. The Balaban J connectivity index is 2.81. The van der Waals surface area contributed by atoms with E-state index in [0.29, 0.717) is 19.0 Å². The maximum Gasteiger partial charge on any atom is 0.118 e. The lowest BCUT2D eigenvalue weighted by molar-refractivity contribution is 0.0723. The van der Waals surface area contributed by atoms with Crippen molar-refractivity contribution in [3.05, 3.63) is 0 Å². The number of hydrogen-bond acceptors (Lipinski definition) is 2. The molecular formula is C10H21FN2. The fraction of sp³-hybridized carbons (Fsp3) is 1.00. The first kappa shape index (κ1) is 10.9. The lowest BCUT2D eigenvalue weighted by Crippen LogP contribution is -2.52. The lowest BCUT2D eigenvalue weighted by atomic mass is 10.0. The van der Waals surface area contributed by atoms with E-state index in [4.69, 9.17) is 5.73 Å². The molecule has 2 N–H and O–H groups in total. The second-order valence-electron chi connectivity index (χ2n) is 4.98. The first-order valence-corrected chi connectivity index (χ1v) is 5.00. The Bertz CT molecular complexity index is 176. The third-order valence-corrected chi connectivity index (χ3v) is 2.83. The van der Waals surface area contributed by atoms with Crippen molar-refractivity contribution in [1.29, 1.82) is 0 Å². The number of hydrogen-bond donors (Lipinski definition) is 1. The molecule has 0 aromatic heterocycles. The van der Waals surface area contributed by atoms with Crippen LogP contribution in [0.2, 0.25) is 0 Å². The minimum Gasteiger partial charge on any atom is -0.329 e. The molecule has 1 aliphatic rings. The summed E-state index contributed by atoms with van der Waals surface area (Å²) in [5.74, 6) is 0. The number of nitrogens with two attached hydrogens (primary N) is 1. The molecule has 1 rings (SSSR count). The predicted octanol–water partition coefficient (Wildman–Crippen LogP) is 1.54. The molecule has 78 valence electrons. The van der Waals surface area contributed by atoms with Crippen LogP contribution in [-0.2, 0) is 0 Å². The molecule has 0 aromatic carbocycles. The summed E-state index contributed by atoms with van der Waals surface area (Å²) in [7, 11) is 0. The van der Waals surface area contributed by atoms with Gasteiger partial charge in [-0.2, -0.15) is 0 Å². The van der Waals surface area contributed by atoms with E-state index in [2.05, 4.69) is 32.6 Å². The van der Waals surface area contributed by atoms with E-state index in [1.807, 2.05) is 0 Å². The molecule has 1 unspecified atom stereocenters. The molecule has 0 radical (unpaired) electrons. The van der Waals surface area contributed by atoms with Crippen LogP contribution in [0.1, 0.15) is 34.1 Å². The maximum atomic E-state index is 13.5. The Morgan fingerprint density at radius 1 is 1.46 bits per heavy atom. The van der Waals surface area contributed by atoms with Gasteiger partial charge in [0.1, 0.15) is 6.17 Å². The van der Waals surface area contributed by atoms with E-state index >= 15 is 0 Å². The quantitative estimate of drug-likeness (QED) is 0.676. The average molecular weight is 188 g/mol. The van der Waals surface area contributed by atoms with Crippen molar-refractivity contribution < 1.29 is 4.39 Å². The maximum absolute atomic E-state index is 13.5. The molecule has 0 amide bonds. The van der Waals surface area contributed by atoms with Crippen molar-refractivity contribution in [3.8, 4) is 0 Å². The zero-order valence-corrected chi connectivity index (χ0v) is 9.05. The van der Waals surface area contributed by atoms with Gasteiger partial charge < -0.3 is 5.73 Å². The van der Waals surface area contributed by atoms with Crippen LogP contribution in [-0.4, -0.2) is 35.2 Å². The van der Waals surface area contributed by atoms with E-state index in [1.54, 1.807) is 0 Å². The van der Waals surface area contributed by atoms with E-state index < -0.39 is 6.17 Å². The fourth-order valence-corrected chi connectivity index (χ4v) is 2.52. The third-order valence-electron chi connectivity index (χ3n) is 2.83. The van der Waals surface area contributed by atoms with Gasteiger partial charge in [0, 0.05) is 18.1 Å². The Kier molecular flexibility index (Phi) is 2.98. The Hall–Kier alpha value is -0.150. The van der Waals surface area contributed by atoms with Crippen LogP contribution < -0.4 is 5.73 Å². The summed E-state index contributed by atoms with van der Waals surface area (Å²) < 4.78 is 13.5. The van der Waals surface area contributed by atoms with Crippen molar-refractivity contribution in [2.75, 3.05) is 6.54 Å². The summed E-state index contributed by atoms with van der Waals surface area (Å²) >= 11 is 0. The molecule has 0 bridgehead atoms. The van der Waals surface area contributed by atoms with Crippen molar-refractivity contribution in [2.24, 2.45) is 5.73 Å². The van der Waals surface area contributed by atoms with Gasteiger partial charge in [-0.05, 0) is 34.1 Å². The summed E-state index contributed by atoms with van der Waals surface area (Å²) in [5.41, 5.74) is 5.61. The monoisotopic (exact) mass is 188 g/mol. The molecule has 1 heterocycles. The number of rotatable bonds is 1. The first-order chi connectivity index (χ1) is 5.88. The van der Waals surface area contributed by atoms with Crippen LogP contribution >= 0.6 is 0 Å². The summed E-state index contributed by atoms with van der Waals surface area (Å²) in [6.07, 6.45) is -0.127.